The maximum Gasteiger partial charge on any atom is 0.151 e. The van der Waals surface area contributed by atoms with E-state index in [-0.39, 0.29) is 5.75 Å². The fourth-order valence-electron chi connectivity index (χ4n) is 0.990. The van der Waals surface area contributed by atoms with Gasteiger partial charge in [0.2, 0.25) is 0 Å². The van der Waals surface area contributed by atoms with Gasteiger partial charge in [-0.1, -0.05) is 22.0 Å². The predicted octanol–water partition coefficient (Wildman–Crippen LogP) is 1.58. The Kier molecular flexibility index (Phi) is 2.98. The molecule has 0 saturated heterocycles. The molecule has 5 heteroatoms. The van der Waals surface area contributed by atoms with Crippen LogP contribution in [0.4, 0.5) is 5.69 Å². The van der Waals surface area contributed by atoms with E-state index in [2.05, 4.69) is 15.9 Å². The highest BCUT2D eigenvalue weighted by molar-refractivity contribution is 9.10. The van der Waals surface area contributed by atoms with Crippen LogP contribution in [0.3, 0.4) is 0 Å². The number of anilines is 1. The van der Waals surface area contributed by atoms with Crippen molar-refractivity contribution in [1.82, 2.24) is 0 Å². The molecular formula is C8H10BrNO2S. The second kappa shape index (κ2) is 3.67. The summed E-state index contributed by atoms with van der Waals surface area (Å²) in [5.41, 5.74) is 6.76. The minimum atomic E-state index is -3.03. The number of nitrogen functional groups attached to an aromatic ring is 1. The van der Waals surface area contributed by atoms with Crippen LogP contribution in [0.5, 0.6) is 0 Å². The Morgan fingerprint density at radius 1 is 1.46 bits per heavy atom. The number of rotatable bonds is 2. The molecule has 0 aromatic heterocycles. The van der Waals surface area contributed by atoms with E-state index in [4.69, 9.17) is 5.73 Å². The van der Waals surface area contributed by atoms with Crippen molar-refractivity contribution in [3.8, 4) is 0 Å². The second-order valence-electron chi connectivity index (χ2n) is 2.88. The van der Waals surface area contributed by atoms with Gasteiger partial charge in [-0.3, -0.25) is 0 Å². The summed E-state index contributed by atoms with van der Waals surface area (Å²) in [4.78, 5) is 0. The van der Waals surface area contributed by atoms with Gasteiger partial charge in [0.25, 0.3) is 0 Å². The molecule has 72 valence electrons. The van der Waals surface area contributed by atoms with Crippen LogP contribution in [0.1, 0.15) is 5.56 Å². The summed E-state index contributed by atoms with van der Waals surface area (Å²) < 4.78 is 22.8. The van der Waals surface area contributed by atoms with Gasteiger partial charge in [0.05, 0.1) is 5.75 Å². The number of benzene rings is 1. The molecule has 1 aromatic rings. The van der Waals surface area contributed by atoms with Crippen molar-refractivity contribution in [3.63, 3.8) is 0 Å². The summed E-state index contributed by atoms with van der Waals surface area (Å²) in [6.45, 7) is 0. The minimum Gasteiger partial charge on any atom is -0.398 e. The topological polar surface area (TPSA) is 60.2 Å². The minimum absolute atomic E-state index is 0.0275. The number of hydrogen-bond donors (Lipinski definition) is 1. The van der Waals surface area contributed by atoms with Crippen LogP contribution in [0.2, 0.25) is 0 Å². The van der Waals surface area contributed by atoms with E-state index < -0.39 is 9.84 Å². The molecule has 0 amide bonds. The molecular weight excluding hydrogens is 254 g/mol. The molecule has 0 fully saturated rings. The van der Waals surface area contributed by atoms with Gasteiger partial charge >= 0.3 is 0 Å². The lowest BCUT2D eigenvalue weighted by molar-refractivity contribution is 0.601. The lowest BCUT2D eigenvalue weighted by atomic mass is 10.2. The standard InChI is InChI=1S/C8H10BrNO2S/c1-13(11,12)5-6-7(9)3-2-4-8(6)10/h2-4H,5,10H2,1H3. The van der Waals surface area contributed by atoms with Crippen molar-refractivity contribution in [1.29, 1.82) is 0 Å². The highest BCUT2D eigenvalue weighted by Gasteiger charge is 2.10. The van der Waals surface area contributed by atoms with Crippen LogP contribution >= 0.6 is 15.9 Å². The number of halogens is 1. The lowest BCUT2D eigenvalue weighted by Crippen LogP contribution is -2.04. The smallest absolute Gasteiger partial charge is 0.151 e. The first-order valence-electron chi connectivity index (χ1n) is 3.61. The van der Waals surface area contributed by atoms with E-state index in [0.717, 1.165) is 4.47 Å². The zero-order valence-corrected chi connectivity index (χ0v) is 9.52. The molecule has 0 aliphatic carbocycles. The van der Waals surface area contributed by atoms with Crippen molar-refractivity contribution in [2.24, 2.45) is 0 Å². The Hall–Kier alpha value is -0.550. The van der Waals surface area contributed by atoms with Crippen molar-refractivity contribution in [2.75, 3.05) is 12.0 Å². The van der Waals surface area contributed by atoms with E-state index in [1.165, 1.54) is 6.26 Å². The normalized spacial score (nSPS) is 11.5. The number of nitrogens with two attached hydrogens (primary N) is 1. The Labute approximate surface area is 86.0 Å². The van der Waals surface area contributed by atoms with Crippen LogP contribution in [0.15, 0.2) is 22.7 Å². The molecule has 0 spiro atoms. The fourth-order valence-corrected chi connectivity index (χ4v) is 2.54. The second-order valence-corrected chi connectivity index (χ2v) is 5.87. The van der Waals surface area contributed by atoms with E-state index in [0.29, 0.717) is 11.3 Å². The average molecular weight is 264 g/mol. The zero-order valence-electron chi connectivity index (χ0n) is 7.12. The molecule has 0 aliphatic rings. The van der Waals surface area contributed by atoms with Crippen LogP contribution in [-0.2, 0) is 15.6 Å². The summed E-state index contributed by atoms with van der Waals surface area (Å²) in [5, 5.41) is 0. The largest absolute Gasteiger partial charge is 0.398 e. The maximum absolute atomic E-state index is 11.0. The zero-order chi connectivity index (χ0) is 10.1. The van der Waals surface area contributed by atoms with Crippen LogP contribution < -0.4 is 5.73 Å². The first-order valence-corrected chi connectivity index (χ1v) is 6.46. The van der Waals surface area contributed by atoms with Crippen molar-refractivity contribution >= 4 is 31.5 Å². The number of sulfone groups is 1. The molecule has 0 unspecified atom stereocenters. The first-order chi connectivity index (χ1) is 5.90. The molecule has 2 N–H and O–H groups in total. The van der Waals surface area contributed by atoms with E-state index in [9.17, 15) is 8.42 Å². The van der Waals surface area contributed by atoms with Gasteiger partial charge in [-0.2, -0.15) is 0 Å². The molecule has 1 rings (SSSR count). The molecule has 1 aromatic carbocycles. The quantitative estimate of drug-likeness (QED) is 0.825. The summed E-state index contributed by atoms with van der Waals surface area (Å²) in [5.74, 6) is -0.0275. The monoisotopic (exact) mass is 263 g/mol. The van der Waals surface area contributed by atoms with Crippen LogP contribution in [0.25, 0.3) is 0 Å². The molecule has 0 bridgehead atoms. The van der Waals surface area contributed by atoms with Crippen molar-refractivity contribution < 1.29 is 8.42 Å². The summed E-state index contributed by atoms with van der Waals surface area (Å²) in [6.07, 6.45) is 1.19. The van der Waals surface area contributed by atoms with Gasteiger partial charge in [-0.15, -0.1) is 0 Å². The van der Waals surface area contributed by atoms with E-state index >= 15 is 0 Å². The predicted molar refractivity (Wildman–Crippen MR) is 57.1 cm³/mol. The third kappa shape index (κ3) is 3.00. The Bertz CT molecular complexity index is 394. The maximum atomic E-state index is 11.0. The van der Waals surface area contributed by atoms with Gasteiger partial charge in [0, 0.05) is 22.0 Å². The molecule has 3 nitrogen and oxygen atoms in total. The Morgan fingerprint density at radius 3 is 2.54 bits per heavy atom. The molecule has 13 heavy (non-hydrogen) atoms. The summed E-state index contributed by atoms with van der Waals surface area (Å²) in [7, 11) is -3.03. The van der Waals surface area contributed by atoms with Gasteiger partial charge < -0.3 is 5.73 Å². The van der Waals surface area contributed by atoms with E-state index in [1.54, 1.807) is 18.2 Å². The van der Waals surface area contributed by atoms with Crippen LogP contribution in [-0.4, -0.2) is 14.7 Å². The van der Waals surface area contributed by atoms with Gasteiger partial charge in [-0.25, -0.2) is 8.42 Å². The third-order valence-corrected chi connectivity index (χ3v) is 3.12. The first kappa shape index (κ1) is 10.5. The lowest BCUT2D eigenvalue weighted by Gasteiger charge is -2.05. The number of hydrogen-bond acceptors (Lipinski definition) is 3. The van der Waals surface area contributed by atoms with Gasteiger partial charge in [-0.05, 0) is 12.1 Å². The van der Waals surface area contributed by atoms with Crippen molar-refractivity contribution in [3.05, 3.63) is 28.2 Å². The average Bonchev–Trinajstić information content (AvgIpc) is 1.95. The molecule has 0 saturated carbocycles. The van der Waals surface area contributed by atoms with Crippen LogP contribution in [0, 0.1) is 0 Å². The fraction of sp³-hybridized carbons (Fsp3) is 0.250. The van der Waals surface area contributed by atoms with Crippen molar-refractivity contribution in [2.45, 2.75) is 5.75 Å². The summed E-state index contributed by atoms with van der Waals surface area (Å²) in [6, 6.07) is 5.23. The molecule has 0 aliphatic heterocycles. The Balaban J connectivity index is 3.15. The molecule has 0 heterocycles. The SMILES string of the molecule is CS(=O)(=O)Cc1c(N)cccc1Br. The highest BCUT2D eigenvalue weighted by atomic mass is 79.9. The van der Waals surface area contributed by atoms with E-state index in [1.807, 2.05) is 0 Å². The van der Waals surface area contributed by atoms with Gasteiger partial charge in [0.15, 0.2) is 9.84 Å². The Morgan fingerprint density at radius 2 is 2.08 bits per heavy atom. The molecule has 0 atom stereocenters. The van der Waals surface area contributed by atoms with Gasteiger partial charge in [0.1, 0.15) is 0 Å². The summed E-state index contributed by atoms with van der Waals surface area (Å²) >= 11 is 3.26. The molecule has 0 radical (unpaired) electrons. The third-order valence-electron chi connectivity index (χ3n) is 1.56. The highest BCUT2D eigenvalue weighted by Crippen LogP contribution is 2.24.